The molecule has 1 fully saturated rings. The Morgan fingerprint density at radius 1 is 1.12 bits per heavy atom. The number of ether oxygens (including phenoxy) is 1. The molecule has 7 heteroatoms. The molecule has 6 nitrogen and oxygen atoms in total. The van der Waals surface area contributed by atoms with Crippen molar-refractivity contribution in [1.29, 1.82) is 0 Å². The largest absolute Gasteiger partial charge is 0.491 e. The van der Waals surface area contributed by atoms with Gasteiger partial charge < -0.3 is 19.3 Å². The first kappa shape index (κ1) is 22.4. The van der Waals surface area contributed by atoms with Crippen LogP contribution in [0.2, 0.25) is 5.02 Å². The van der Waals surface area contributed by atoms with Crippen molar-refractivity contribution >= 4 is 34.2 Å². The average molecular weight is 476 g/mol. The number of fused-ring (bicyclic) bond motifs is 1. The minimum Gasteiger partial charge on any atom is -0.491 e. The summed E-state index contributed by atoms with van der Waals surface area (Å²) in [5.41, 5.74) is 3.60. The van der Waals surface area contributed by atoms with E-state index in [0.717, 1.165) is 28.1 Å². The first-order chi connectivity index (χ1) is 16.5. The van der Waals surface area contributed by atoms with Crippen molar-refractivity contribution in [3.05, 3.63) is 89.2 Å². The lowest BCUT2D eigenvalue weighted by Crippen LogP contribution is -2.26. The van der Waals surface area contributed by atoms with Crippen LogP contribution in [-0.2, 0) is 11.3 Å². The first-order valence-electron chi connectivity index (χ1n) is 11.4. The number of anilines is 1. The number of aromatic nitrogens is 2. The molecule has 1 aliphatic heterocycles. The van der Waals surface area contributed by atoms with E-state index < -0.39 is 6.10 Å². The lowest BCUT2D eigenvalue weighted by Gasteiger charge is -2.19. The molecule has 4 aromatic rings. The number of amides is 1. The number of imidazole rings is 1. The molecule has 34 heavy (non-hydrogen) atoms. The van der Waals surface area contributed by atoms with Gasteiger partial charge in [0.25, 0.3) is 0 Å². The summed E-state index contributed by atoms with van der Waals surface area (Å²) < 4.78 is 7.85. The number of hydrogen-bond donors (Lipinski definition) is 1. The van der Waals surface area contributed by atoms with E-state index in [0.29, 0.717) is 30.3 Å². The number of carbonyl (C=O) groups excluding carboxylic acids is 1. The van der Waals surface area contributed by atoms with Crippen LogP contribution in [0.25, 0.3) is 11.0 Å². The van der Waals surface area contributed by atoms with Crippen LogP contribution in [0.15, 0.2) is 72.8 Å². The highest BCUT2D eigenvalue weighted by Crippen LogP contribution is 2.33. The highest BCUT2D eigenvalue weighted by molar-refractivity contribution is 6.31. The smallest absolute Gasteiger partial charge is 0.227 e. The summed E-state index contributed by atoms with van der Waals surface area (Å²) in [6, 6.07) is 23.0. The zero-order valence-corrected chi connectivity index (χ0v) is 19.7. The fourth-order valence-corrected chi connectivity index (χ4v) is 4.62. The Kier molecular flexibility index (Phi) is 6.26. The third-order valence-electron chi connectivity index (χ3n) is 6.21. The number of rotatable bonds is 7. The molecule has 0 spiro atoms. The Morgan fingerprint density at radius 2 is 1.88 bits per heavy atom. The maximum absolute atomic E-state index is 12.8. The van der Waals surface area contributed by atoms with E-state index in [1.807, 2.05) is 77.1 Å². The van der Waals surface area contributed by atoms with Crippen molar-refractivity contribution in [2.75, 3.05) is 18.1 Å². The normalized spacial score (nSPS) is 16.9. The van der Waals surface area contributed by atoms with Gasteiger partial charge in [-0.25, -0.2) is 4.98 Å². The molecule has 1 saturated heterocycles. The third kappa shape index (κ3) is 4.52. The number of aliphatic hydroxyl groups excluding tert-OH is 1. The fourth-order valence-electron chi connectivity index (χ4n) is 4.50. The van der Waals surface area contributed by atoms with E-state index in [9.17, 15) is 9.90 Å². The van der Waals surface area contributed by atoms with Crippen molar-refractivity contribution in [3.8, 4) is 5.75 Å². The van der Waals surface area contributed by atoms with Crippen LogP contribution in [0.3, 0.4) is 0 Å². The number of benzene rings is 3. The Morgan fingerprint density at radius 3 is 2.68 bits per heavy atom. The SMILES string of the molecule is Cc1cc(OC[C@@H](O)Cn2c([C@H]3CC(=O)N(c4ccccc4)C3)nc3ccccc32)ccc1Cl. The second-order valence-corrected chi connectivity index (χ2v) is 9.09. The maximum atomic E-state index is 12.8. The van der Waals surface area contributed by atoms with Crippen LogP contribution in [0.5, 0.6) is 5.75 Å². The van der Waals surface area contributed by atoms with E-state index in [2.05, 4.69) is 0 Å². The number of aliphatic hydroxyl groups is 1. The van der Waals surface area contributed by atoms with E-state index in [4.69, 9.17) is 21.3 Å². The highest BCUT2D eigenvalue weighted by Gasteiger charge is 2.35. The molecule has 0 saturated carbocycles. The van der Waals surface area contributed by atoms with E-state index in [1.54, 1.807) is 12.1 Å². The van der Waals surface area contributed by atoms with Gasteiger partial charge in [0, 0.05) is 29.6 Å². The molecule has 1 aliphatic rings. The molecule has 5 rings (SSSR count). The summed E-state index contributed by atoms with van der Waals surface area (Å²) in [6.45, 7) is 2.92. The van der Waals surface area contributed by atoms with Crippen molar-refractivity contribution in [3.63, 3.8) is 0 Å². The van der Waals surface area contributed by atoms with Gasteiger partial charge in [-0.2, -0.15) is 0 Å². The third-order valence-corrected chi connectivity index (χ3v) is 6.63. The molecule has 0 aliphatic carbocycles. The summed E-state index contributed by atoms with van der Waals surface area (Å²) in [4.78, 5) is 19.5. The topological polar surface area (TPSA) is 67.6 Å². The molecule has 2 atom stereocenters. The Bertz CT molecular complexity index is 1320. The molecule has 1 amide bonds. The molecule has 1 N–H and O–H groups in total. The van der Waals surface area contributed by atoms with Crippen molar-refractivity contribution in [1.82, 2.24) is 9.55 Å². The van der Waals surface area contributed by atoms with Crippen molar-refractivity contribution < 1.29 is 14.6 Å². The van der Waals surface area contributed by atoms with Crippen LogP contribution in [-0.4, -0.2) is 39.8 Å². The monoisotopic (exact) mass is 475 g/mol. The fraction of sp³-hybridized carbons (Fsp3) is 0.259. The van der Waals surface area contributed by atoms with E-state index in [1.165, 1.54) is 0 Å². The van der Waals surface area contributed by atoms with Crippen LogP contribution in [0, 0.1) is 6.92 Å². The average Bonchev–Trinajstić information content (AvgIpc) is 3.41. The van der Waals surface area contributed by atoms with Crippen molar-refractivity contribution in [2.24, 2.45) is 0 Å². The van der Waals surface area contributed by atoms with Gasteiger partial charge in [-0.3, -0.25) is 4.79 Å². The van der Waals surface area contributed by atoms with Gasteiger partial charge in [0.2, 0.25) is 5.91 Å². The minimum absolute atomic E-state index is 0.0628. The Hall–Kier alpha value is -3.35. The molecule has 3 aromatic carbocycles. The molecule has 2 heterocycles. The molecule has 1 aromatic heterocycles. The summed E-state index contributed by atoms with van der Waals surface area (Å²) in [5, 5.41) is 11.5. The van der Waals surface area contributed by atoms with Crippen molar-refractivity contribution in [2.45, 2.75) is 31.9 Å². The van der Waals surface area contributed by atoms with Gasteiger partial charge in [-0.15, -0.1) is 0 Å². The van der Waals surface area contributed by atoms with Crippen LogP contribution in [0.4, 0.5) is 5.69 Å². The molecular weight excluding hydrogens is 450 g/mol. The number of nitrogens with zero attached hydrogens (tertiary/aromatic N) is 3. The number of para-hydroxylation sites is 3. The second-order valence-electron chi connectivity index (χ2n) is 8.69. The summed E-state index contributed by atoms with van der Waals surface area (Å²) >= 11 is 6.09. The summed E-state index contributed by atoms with van der Waals surface area (Å²) in [6.07, 6.45) is -0.371. The number of halogens is 1. The van der Waals surface area contributed by atoms with Gasteiger partial charge in [0.05, 0.1) is 17.6 Å². The number of aryl methyl sites for hydroxylation is 1. The van der Waals surface area contributed by atoms with Crippen LogP contribution < -0.4 is 9.64 Å². The van der Waals surface area contributed by atoms with Crippen LogP contribution in [0.1, 0.15) is 23.7 Å². The molecular formula is C27H26ClN3O3. The predicted molar refractivity (Wildman–Crippen MR) is 134 cm³/mol. The Balaban J connectivity index is 1.37. The lowest BCUT2D eigenvalue weighted by atomic mass is 10.1. The summed E-state index contributed by atoms with van der Waals surface area (Å²) in [7, 11) is 0. The van der Waals surface area contributed by atoms with Gasteiger partial charge in [0.1, 0.15) is 24.3 Å². The first-order valence-corrected chi connectivity index (χ1v) is 11.7. The number of carbonyl (C=O) groups is 1. The second kappa shape index (κ2) is 9.49. The highest BCUT2D eigenvalue weighted by atomic mass is 35.5. The van der Waals surface area contributed by atoms with Crippen LogP contribution >= 0.6 is 11.6 Å². The zero-order valence-electron chi connectivity index (χ0n) is 18.9. The lowest BCUT2D eigenvalue weighted by molar-refractivity contribution is -0.117. The van der Waals surface area contributed by atoms with Gasteiger partial charge >= 0.3 is 0 Å². The minimum atomic E-state index is -0.755. The molecule has 0 radical (unpaired) electrons. The quantitative estimate of drug-likeness (QED) is 0.410. The number of hydrogen-bond acceptors (Lipinski definition) is 4. The Labute approximate surface area is 203 Å². The predicted octanol–water partition coefficient (Wildman–Crippen LogP) is 4.96. The molecule has 174 valence electrons. The molecule has 0 bridgehead atoms. The van der Waals surface area contributed by atoms with Gasteiger partial charge in [0.15, 0.2) is 0 Å². The zero-order chi connectivity index (χ0) is 23.7. The summed E-state index contributed by atoms with van der Waals surface area (Å²) in [5.74, 6) is 1.50. The van der Waals surface area contributed by atoms with E-state index >= 15 is 0 Å². The maximum Gasteiger partial charge on any atom is 0.227 e. The van der Waals surface area contributed by atoms with Gasteiger partial charge in [-0.1, -0.05) is 41.9 Å². The standard InChI is InChI=1S/C27H26ClN3O3/c1-18-13-22(11-12-23(18)28)34-17-21(32)16-31-25-10-6-5-9-24(25)29-27(31)19-14-26(33)30(15-19)20-7-3-2-4-8-20/h2-13,19,21,32H,14-17H2,1H3/t19-,21-/m0/s1. The molecule has 0 unspecified atom stereocenters. The van der Waals surface area contributed by atoms with Gasteiger partial charge in [-0.05, 0) is 55.0 Å². The van der Waals surface area contributed by atoms with E-state index in [-0.39, 0.29) is 18.4 Å².